The Morgan fingerprint density at radius 1 is 1.39 bits per heavy atom. The van der Waals surface area contributed by atoms with Crippen molar-refractivity contribution < 1.29 is 9.53 Å². The van der Waals surface area contributed by atoms with E-state index < -0.39 is 0 Å². The van der Waals surface area contributed by atoms with Crippen LogP contribution in [0.15, 0.2) is 6.20 Å². The molecule has 0 aromatic carbocycles. The molecule has 0 saturated heterocycles. The molecule has 2 fully saturated rings. The number of ether oxygens (including phenoxy) is 1. The highest BCUT2D eigenvalue weighted by atomic mass is 16.5. The predicted molar refractivity (Wildman–Crippen MR) is 86.9 cm³/mol. The van der Waals surface area contributed by atoms with E-state index in [0.717, 1.165) is 31.1 Å². The van der Waals surface area contributed by atoms with E-state index in [9.17, 15) is 4.79 Å². The van der Waals surface area contributed by atoms with Gasteiger partial charge in [0.15, 0.2) is 0 Å². The molecule has 1 N–H and O–H groups in total. The Hall–Kier alpha value is -1.36. The summed E-state index contributed by atoms with van der Waals surface area (Å²) in [6, 6.07) is 0.411. The van der Waals surface area contributed by atoms with Gasteiger partial charge in [-0.1, -0.05) is 12.8 Å². The first-order chi connectivity index (χ1) is 11.2. The molecule has 1 atom stereocenters. The van der Waals surface area contributed by atoms with Crippen LogP contribution < -0.4 is 5.32 Å². The lowest BCUT2D eigenvalue weighted by Crippen LogP contribution is -2.34. The molecule has 5 nitrogen and oxygen atoms in total. The van der Waals surface area contributed by atoms with Crippen molar-refractivity contribution in [3.8, 4) is 0 Å². The molecule has 2 heterocycles. The Kier molecular flexibility index (Phi) is 4.14. The summed E-state index contributed by atoms with van der Waals surface area (Å²) in [4.78, 5) is 16.7. The second-order valence-corrected chi connectivity index (χ2v) is 7.58. The Balaban J connectivity index is 1.27. The van der Waals surface area contributed by atoms with Crippen LogP contribution >= 0.6 is 0 Å². The minimum Gasteiger partial charge on any atom is -0.372 e. The molecule has 5 heteroatoms. The van der Waals surface area contributed by atoms with Gasteiger partial charge in [-0.3, -0.25) is 4.79 Å². The van der Waals surface area contributed by atoms with Crippen LogP contribution in [-0.2, 0) is 29.1 Å². The number of carbonyl (C=O) groups excluding carboxylic acids is 1. The number of nitrogens with zero attached hydrogens (tertiary/aromatic N) is 2. The number of rotatable bonds is 4. The van der Waals surface area contributed by atoms with E-state index in [4.69, 9.17) is 4.74 Å². The molecule has 1 unspecified atom stereocenters. The molecule has 1 amide bonds. The van der Waals surface area contributed by atoms with E-state index >= 15 is 0 Å². The van der Waals surface area contributed by atoms with E-state index in [0.29, 0.717) is 24.5 Å². The van der Waals surface area contributed by atoms with Crippen LogP contribution in [-0.4, -0.2) is 28.1 Å². The van der Waals surface area contributed by atoms with Gasteiger partial charge in [-0.15, -0.1) is 0 Å². The van der Waals surface area contributed by atoms with Gasteiger partial charge in [0.1, 0.15) is 12.4 Å². The summed E-state index contributed by atoms with van der Waals surface area (Å²) < 4.78 is 7.61. The van der Waals surface area contributed by atoms with E-state index in [1.165, 1.54) is 44.9 Å². The highest BCUT2D eigenvalue weighted by molar-refractivity contribution is 5.76. The van der Waals surface area contributed by atoms with E-state index in [2.05, 4.69) is 14.9 Å². The first-order valence-electron chi connectivity index (χ1n) is 9.15. The van der Waals surface area contributed by atoms with Gasteiger partial charge >= 0.3 is 0 Å². The topological polar surface area (TPSA) is 56.2 Å². The van der Waals surface area contributed by atoms with Gasteiger partial charge in [-0.25, -0.2) is 4.98 Å². The Morgan fingerprint density at radius 2 is 2.26 bits per heavy atom. The van der Waals surface area contributed by atoms with Crippen molar-refractivity contribution in [1.82, 2.24) is 14.9 Å². The molecular weight excluding hydrogens is 290 g/mol. The van der Waals surface area contributed by atoms with Crippen molar-refractivity contribution in [3.05, 3.63) is 17.7 Å². The van der Waals surface area contributed by atoms with E-state index in [1.54, 1.807) is 0 Å². The molecule has 1 spiro atoms. The minimum absolute atomic E-state index is 0.202. The maximum absolute atomic E-state index is 12.3. The number of hydrogen-bond acceptors (Lipinski definition) is 3. The highest BCUT2D eigenvalue weighted by Crippen LogP contribution is 2.50. The van der Waals surface area contributed by atoms with E-state index in [1.807, 2.05) is 6.20 Å². The molecular formula is C18H27N3O2. The lowest BCUT2D eigenvalue weighted by atomic mass is 9.84. The molecule has 126 valence electrons. The van der Waals surface area contributed by atoms with Crippen LogP contribution in [0, 0.1) is 5.41 Å². The number of aryl methyl sites for hydroxylation is 1. The van der Waals surface area contributed by atoms with Gasteiger partial charge in [-0.2, -0.15) is 0 Å². The van der Waals surface area contributed by atoms with E-state index in [-0.39, 0.29) is 5.91 Å². The second kappa shape index (κ2) is 6.27. The Bertz CT molecular complexity index is 575. The van der Waals surface area contributed by atoms with Crippen molar-refractivity contribution in [2.45, 2.75) is 77.0 Å². The minimum atomic E-state index is 0.202. The van der Waals surface area contributed by atoms with Gasteiger partial charge in [0.25, 0.3) is 0 Å². The van der Waals surface area contributed by atoms with Crippen molar-refractivity contribution in [2.24, 2.45) is 5.41 Å². The van der Waals surface area contributed by atoms with Crippen molar-refractivity contribution in [1.29, 1.82) is 0 Å². The molecule has 4 rings (SSSR count). The Labute approximate surface area is 137 Å². The summed E-state index contributed by atoms with van der Waals surface area (Å²) in [6.07, 6.45) is 12.5. The van der Waals surface area contributed by atoms with Crippen LogP contribution in [0.2, 0.25) is 0 Å². The monoisotopic (exact) mass is 317 g/mol. The normalized spacial score (nSPS) is 25.7. The number of carbonyl (C=O) groups is 1. The largest absolute Gasteiger partial charge is 0.372 e. The van der Waals surface area contributed by atoms with Crippen molar-refractivity contribution in [2.75, 3.05) is 6.61 Å². The third kappa shape index (κ3) is 3.16. The third-order valence-electron chi connectivity index (χ3n) is 6.05. The van der Waals surface area contributed by atoms with Crippen LogP contribution in [0.4, 0.5) is 0 Å². The van der Waals surface area contributed by atoms with Gasteiger partial charge in [0.2, 0.25) is 5.91 Å². The lowest BCUT2D eigenvalue weighted by molar-refractivity contribution is -0.121. The summed E-state index contributed by atoms with van der Waals surface area (Å²) in [6.45, 7) is 2.19. The summed E-state index contributed by atoms with van der Waals surface area (Å²) in [7, 11) is 0. The third-order valence-corrected chi connectivity index (χ3v) is 6.05. The fourth-order valence-electron chi connectivity index (χ4n) is 4.81. The fraction of sp³-hybridized carbons (Fsp3) is 0.778. The zero-order valence-corrected chi connectivity index (χ0v) is 13.9. The molecule has 23 heavy (non-hydrogen) atoms. The summed E-state index contributed by atoms with van der Waals surface area (Å²) in [5.41, 5.74) is 1.74. The van der Waals surface area contributed by atoms with Crippen molar-refractivity contribution in [3.63, 3.8) is 0 Å². The van der Waals surface area contributed by atoms with Crippen LogP contribution in [0.1, 0.15) is 62.9 Å². The maximum Gasteiger partial charge on any atom is 0.220 e. The summed E-state index contributed by atoms with van der Waals surface area (Å²) in [5.74, 6) is 1.19. The smallest absolute Gasteiger partial charge is 0.220 e. The summed E-state index contributed by atoms with van der Waals surface area (Å²) in [5, 5.41) is 3.28. The average molecular weight is 317 g/mol. The van der Waals surface area contributed by atoms with Crippen LogP contribution in [0.25, 0.3) is 0 Å². The maximum atomic E-state index is 12.3. The molecule has 3 aliphatic rings. The average Bonchev–Trinajstić information content (AvgIpc) is 3.27. The highest BCUT2D eigenvalue weighted by Gasteiger charge is 2.41. The second-order valence-electron chi connectivity index (χ2n) is 7.58. The van der Waals surface area contributed by atoms with Gasteiger partial charge < -0.3 is 14.6 Å². The lowest BCUT2D eigenvalue weighted by Gasteiger charge is -2.22. The molecule has 1 aromatic heterocycles. The first kappa shape index (κ1) is 15.2. The number of hydrogen-bond donors (Lipinski definition) is 1. The number of nitrogens with one attached hydrogen (secondary N) is 1. The van der Waals surface area contributed by atoms with Crippen molar-refractivity contribution >= 4 is 5.91 Å². The number of aromatic nitrogens is 2. The molecule has 2 saturated carbocycles. The number of amides is 1. The first-order valence-corrected chi connectivity index (χ1v) is 9.15. The van der Waals surface area contributed by atoms with Crippen LogP contribution in [0.3, 0.4) is 0 Å². The SMILES string of the molecule is O=C(CCc1cnc2n1CCOC2)NC1CCC2(CCCC2)C1. The molecule has 2 aliphatic carbocycles. The Morgan fingerprint density at radius 3 is 3.13 bits per heavy atom. The van der Waals surface area contributed by atoms with Crippen LogP contribution in [0.5, 0.6) is 0 Å². The molecule has 1 aromatic rings. The molecule has 0 bridgehead atoms. The molecule has 1 aliphatic heterocycles. The summed E-state index contributed by atoms with van der Waals surface area (Å²) >= 11 is 0. The molecule has 0 radical (unpaired) electrons. The zero-order valence-electron chi connectivity index (χ0n) is 13.9. The standard InChI is InChI=1S/C18H27N3O2/c22-17(20-14-5-8-18(11-14)6-1-2-7-18)4-3-15-12-19-16-13-23-10-9-21(15)16/h12,14H,1-11,13H2,(H,20,22). The predicted octanol–water partition coefficient (Wildman–Crippen LogP) is 2.58. The zero-order chi connectivity index (χ0) is 15.7. The van der Waals surface area contributed by atoms with Gasteiger partial charge in [0, 0.05) is 30.9 Å². The van der Waals surface area contributed by atoms with Gasteiger partial charge in [0.05, 0.1) is 6.61 Å². The quantitative estimate of drug-likeness (QED) is 0.928. The number of fused-ring (bicyclic) bond motifs is 1. The fourth-order valence-corrected chi connectivity index (χ4v) is 4.81. The van der Waals surface area contributed by atoms with Gasteiger partial charge in [-0.05, 0) is 43.9 Å². The number of imidazole rings is 1.